The Balaban J connectivity index is 1.92. The van der Waals surface area contributed by atoms with Gasteiger partial charge in [0.25, 0.3) is 0 Å². The molecule has 2 N–H and O–H groups in total. The molecule has 7 nitrogen and oxygen atoms in total. The number of rotatable bonds is 3. The fraction of sp³-hybridized carbons (Fsp3) is 0.100. The molecule has 0 bridgehead atoms. The van der Waals surface area contributed by atoms with Crippen LogP contribution in [0.15, 0.2) is 54.9 Å². The summed E-state index contributed by atoms with van der Waals surface area (Å²) in [7, 11) is 1.53. The number of fused-ring (bicyclic) bond motifs is 1. The van der Waals surface area contributed by atoms with Crippen molar-refractivity contribution in [1.29, 1.82) is 0 Å². The van der Waals surface area contributed by atoms with Gasteiger partial charge in [0, 0.05) is 30.6 Å². The maximum atomic E-state index is 13.8. The predicted molar refractivity (Wildman–Crippen MR) is 104 cm³/mol. The number of carbonyl (C=O) groups excluding carboxylic acids is 1. The quantitative estimate of drug-likeness (QED) is 0.572. The average molecular weight is 376 g/mol. The van der Waals surface area contributed by atoms with Crippen molar-refractivity contribution in [3.8, 4) is 22.5 Å². The zero-order valence-electron chi connectivity index (χ0n) is 15.3. The number of anilines is 1. The maximum absolute atomic E-state index is 13.8. The second kappa shape index (κ2) is 7.07. The Bertz CT molecular complexity index is 1190. The highest BCUT2D eigenvalue weighted by Gasteiger charge is 2.18. The molecule has 4 aromatic rings. The molecular weight excluding hydrogens is 359 g/mol. The van der Waals surface area contributed by atoms with E-state index in [0.29, 0.717) is 22.7 Å². The third kappa shape index (κ3) is 3.16. The zero-order valence-corrected chi connectivity index (χ0v) is 15.3. The molecule has 0 saturated carbocycles. The first kappa shape index (κ1) is 17.6. The second-order valence-corrected chi connectivity index (χ2v) is 6.20. The minimum atomic E-state index is -0.365. The van der Waals surface area contributed by atoms with Crippen molar-refractivity contribution < 1.29 is 9.18 Å². The molecule has 0 atom stereocenters. The van der Waals surface area contributed by atoms with Gasteiger partial charge in [0.15, 0.2) is 5.65 Å². The summed E-state index contributed by atoms with van der Waals surface area (Å²) in [5.74, 6) is 0.122. The Morgan fingerprint density at radius 2 is 1.96 bits per heavy atom. The molecular formula is C20H17FN6O. The summed E-state index contributed by atoms with van der Waals surface area (Å²) in [6.45, 7) is 1.71. The van der Waals surface area contributed by atoms with Gasteiger partial charge in [-0.2, -0.15) is 5.10 Å². The molecule has 0 aliphatic heterocycles. The summed E-state index contributed by atoms with van der Waals surface area (Å²) < 4.78 is 15.5. The van der Waals surface area contributed by atoms with Gasteiger partial charge in [-0.1, -0.05) is 0 Å². The Kier molecular flexibility index (Phi) is 4.44. The molecule has 0 saturated heterocycles. The SMILES string of the molecule is CNC(=O)Nc1cc(-c2c(-c3ccc(F)c(C)c3)nc3cccnn23)ccn1. The molecule has 28 heavy (non-hydrogen) atoms. The van der Waals surface area contributed by atoms with Crippen LogP contribution in [0, 0.1) is 12.7 Å². The van der Waals surface area contributed by atoms with Gasteiger partial charge in [0.2, 0.25) is 0 Å². The van der Waals surface area contributed by atoms with E-state index in [2.05, 4.69) is 20.7 Å². The standard InChI is InChI=1S/C20H17FN6O/c1-12-10-13(5-6-15(12)21)18-19(27-17(26-18)4-3-8-24-27)14-7-9-23-16(11-14)25-20(28)22-2/h3-11H,1-2H3,(H2,22,23,25,28). The summed E-state index contributed by atoms with van der Waals surface area (Å²) in [5.41, 5.74) is 4.13. The van der Waals surface area contributed by atoms with Crippen LogP contribution in [0.25, 0.3) is 28.2 Å². The van der Waals surface area contributed by atoms with E-state index in [1.807, 2.05) is 12.1 Å². The number of imidazole rings is 1. The summed E-state index contributed by atoms with van der Waals surface area (Å²) >= 11 is 0. The highest BCUT2D eigenvalue weighted by molar-refractivity contribution is 5.89. The van der Waals surface area contributed by atoms with E-state index in [-0.39, 0.29) is 11.8 Å². The summed E-state index contributed by atoms with van der Waals surface area (Å²) in [4.78, 5) is 20.5. The Labute approximate surface area is 160 Å². The largest absolute Gasteiger partial charge is 0.341 e. The van der Waals surface area contributed by atoms with E-state index in [9.17, 15) is 9.18 Å². The van der Waals surface area contributed by atoms with E-state index in [1.54, 1.807) is 48.1 Å². The van der Waals surface area contributed by atoms with Crippen LogP contribution < -0.4 is 10.6 Å². The maximum Gasteiger partial charge on any atom is 0.320 e. The average Bonchev–Trinajstić information content (AvgIpc) is 3.09. The van der Waals surface area contributed by atoms with E-state index in [1.165, 1.54) is 13.1 Å². The van der Waals surface area contributed by atoms with Gasteiger partial charge in [0.1, 0.15) is 17.3 Å². The number of aryl methyl sites for hydroxylation is 1. The molecule has 2 amide bonds. The van der Waals surface area contributed by atoms with Crippen molar-refractivity contribution in [3.05, 3.63) is 66.2 Å². The Morgan fingerprint density at radius 1 is 1.11 bits per heavy atom. The van der Waals surface area contributed by atoms with Crippen LogP contribution >= 0.6 is 0 Å². The number of nitrogens with zero attached hydrogens (tertiary/aromatic N) is 4. The molecule has 140 valence electrons. The van der Waals surface area contributed by atoms with Gasteiger partial charge >= 0.3 is 6.03 Å². The van der Waals surface area contributed by atoms with Crippen LogP contribution in [0.2, 0.25) is 0 Å². The highest BCUT2D eigenvalue weighted by atomic mass is 19.1. The van der Waals surface area contributed by atoms with Crippen LogP contribution in [0.3, 0.4) is 0 Å². The number of benzene rings is 1. The van der Waals surface area contributed by atoms with Crippen molar-refractivity contribution >= 4 is 17.5 Å². The van der Waals surface area contributed by atoms with E-state index in [4.69, 9.17) is 4.98 Å². The molecule has 8 heteroatoms. The summed E-state index contributed by atoms with van der Waals surface area (Å²) in [5, 5.41) is 9.56. The van der Waals surface area contributed by atoms with Gasteiger partial charge in [0.05, 0.1) is 5.69 Å². The van der Waals surface area contributed by atoms with Crippen molar-refractivity contribution in [3.63, 3.8) is 0 Å². The van der Waals surface area contributed by atoms with E-state index < -0.39 is 0 Å². The van der Waals surface area contributed by atoms with Gasteiger partial charge in [-0.3, -0.25) is 5.32 Å². The molecule has 3 heterocycles. The number of nitrogens with one attached hydrogen (secondary N) is 2. The zero-order chi connectivity index (χ0) is 19.7. The van der Waals surface area contributed by atoms with Crippen molar-refractivity contribution in [2.24, 2.45) is 0 Å². The summed E-state index contributed by atoms with van der Waals surface area (Å²) in [6, 6.07) is 11.7. The first-order valence-electron chi connectivity index (χ1n) is 8.62. The fourth-order valence-electron chi connectivity index (χ4n) is 2.97. The first-order chi connectivity index (χ1) is 13.6. The van der Waals surface area contributed by atoms with Gasteiger partial charge < -0.3 is 5.32 Å². The lowest BCUT2D eigenvalue weighted by molar-refractivity contribution is 0.254. The molecule has 0 fully saturated rings. The number of amides is 2. The highest BCUT2D eigenvalue weighted by Crippen LogP contribution is 2.33. The predicted octanol–water partition coefficient (Wildman–Crippen LogP) is 3.66. The normalized spacial score (nSPS) is 10.8. The van der Waals surface area contributed by atoms with Crippen LogP contribution in [-0.2, 0) is 0 Å². The lowest BCUT2D eigenvalue weighted by Crippen LogP contribution is -2.24. The van der Waals surface area contributed by atoms with Crippen LogP contribution in [0.1, 0.15) is 5.56 Å². The fourth-order valence-corrected chi connectivity index (χ4v) is 2.97. The van der Waals surface area contributed by atoms with Crippen molar-refractivity contribution in [2.75, 3.05) is 12.4 Å². The monoisotopic (exact) mass is 376 g/mol. The summed E-state index contributed by atoms with van der Waals surface area (Å²) in [6.07, 6.45) is 3.27. The number of urea groups is 1. The molecule has 0 spiro atoms. The molecule has 1 aromatic carbocycles. The molecule has 0 radical (unpaired) electrons. The number of pyridine rings is 1. The van der Waals surface area contributed by atoms with Gasteiger partial charge in [-0.15, -0.1) is 0 Å². The number of hydrogen-bond acceptors (Lipinski definition) is 4. The van der Waals surface area contributed by atoms with Crippen molar-refractivity contribution in [1.82, 2.24) is 24.9 Å². The van der Waals surface area contributed by atoms with Crippen LogP contribution in [-0.4, -0.2) is 32.7 Å². The third-order valence-electron chi connectivity index (χ3n) is 4.33. The Hall–Kier alpha value is -3.81. The topological polar surface area (TPSA) is 84.2 Å². The van der Waals surface area contributed by atoms with Crippen LogP contribution in [0.5, 0.6) is 0 Å². The van der Waals surface area contributed by atoms with Gasteiger partial charge in [-0.05, 0) is 55.0 Å². The smallest absolute Gasteiger partial charge is 0.320 e. The van der Waals surface area contributed by atoms with Crippen LogP contribution in [0.4, 0.5) is 15.0 Å². The third-order valence-corrected chi connectivity index (χ3v) is 4.33. The van der Waals surface area contributed by atoms with Crippen molar-refractivity contribution in [2.45, 2.75) is 6.92 Å². The number of aromatic nitrogens is 4. The lowest BCUT2D eigenvalue weighted by Gasteiger charge is -2.08. The van der Waals surface area contributed by atoms with Gasteiger partial charge in [-0.25, -0.2) is 23.7 Å². The number of hydrogen-bond donors (Lipinski definition) is 2. The van der Waals surface area contributed by atoms with E-state index >= 15 is 0 Å². The Morgan fingerprint density at radius 3 is 2.75 bits per heavy atom. The molecule has 0 unspecified atom stereocenters. The number of halogens is 1. The first-order valence-corrected chi connectivity index (χ1v) is 8.62. The molecule has 4 rings (SSSR count). The number of carbonyl (C=O) groups is 1. The molecule has 0 aliphatic carbocycles. The second-order valence-electron chi connectivity index (χ2n) is 6.20. The minimum Gasteiger partial charge on any atom is -0.341 e. The minimum absolute atomic E-state index is 0.270. The van der Waals surface area contributed by atoms with E-state index in [0.717, 1.165) is 16.8 Å². The molecule has 3 aromatic heterocycles. The lowest BCUT2D eigenvalue weighted by atomic mass is 10.0. The molecule has 0 aliphatic rings.